The molecule has 1 aromatic rings. The SMILES string of the molecule is CCCC(=O)c1c(O)cc(Cl)cc1Cl. The van der Waals surface area contributed by atoms with Gasteiger partial charge in [0, 0.05) is 11.4 Å². The van der Waals surface area contributed by atoms with Crippen LogP contribution in [0.1, 0.15) is 30.1 Å². The van der Waals surface area contributed by atoms with Crippen molar-refractivity contribution >= 4 is 29.0 Å². The molecular weight excluding hydrogens is 223 g/mol. The standard InChI is InChI=1S/C10H10Cl2O2/c1-2-3-8(13)10-7(12)4-6(11)5-9(10)14/h4-5,14H,2-3H2,1H3. The number of hydrogen-bond acceptors (Lipinski definition) is 2. The average molecular weight is 233 g/mol. The van der Waals surface area contributed by atoms with Crippen molar-refractivity contribution in [3.8, 4) is 5.75 Å². The molecule has 0 bridgehead atoms. The lowest BCUT2D eigenvalue weighted by Gasteiger charge is -2.05. The Bertz CT molecular complexity index is 338. The van der Waals surface area contributed by atoms with E-state index in [0.29, 0.717) is 11.4 Å². The van der Waals surface area contributed by atoms with E-state index in [1.807, 2.05) is 6.92 Å². The van der Waals surface area contributed by atoms with Crippen molar-refractivity contribution in [2.45, 2.75) is 19.8 Å². The molecule has 0 heterocycles. The van der Waals surface area contributed by atoms with Gasteiger partial charge in [-0.15, -0.1) is 0 Å². The molecule has 2 nitrogen and oxygen atoms in total. The number of carbonyl (C=O) groups excluding carboxylic acids is 1. The van der Waals surface area contributed by atoms with Crippen LogP contribution in [0.4, 0.5) is 0 Å². The Balaban J connectivity index is 3.14. The number of aromatic hydroxyl groups is 1. The summed E-state index contributed by atoms with van der Waals surface area (Å²) in [6, 6.07) is 2.77. The molecule has 0 aromatic heterocycles. The van der Waals surface area contributed by atoms with Crippen molar-refractivity contribution in [2.75, 3.05) is 0 Å². The minimum Gasteiger partial charge on any atom is -0.507 e. The minimum atomic E-state index is -0.160. The number of halogens is 2. The Kier molecular flexibility index (Phi) is 3.78. The van der Waals surface area contributed by atoms with E-state index in [2.05, 4.69) is 0 Å². The zero-order chi connectivity index (χ0) is 10.7. The number of rotatable bonds is 3. The molecule has 1 N–H and O–H groups in total. The molecule has 0 radical (unpaired) electrons. The highest BCUT2D eigenvalue weighted by atomic mass is 35.5. The zero-order valence-electron chi connectivity index (χ0n) is 7.68. The van der Waals surface area contributed by atoms with E-state index in [1.54, 1.807) is 0 Å². The van der Waals surface area contributed by atoms with Crippen LogP contribution in [0.2, 0.25) is 10.0 Å². The molecule has 0 saturated carbocycles. The first-order valence-electron chi connectivity index (χ1n) is 4.27. The third-order valence-corrected chi connectivity index (χ3v) is 2.31. The monoisotopic (exact) mass is 232 g/mol. The maximum atomic E-state index is 11.5. The van der Waals surface area contributed by atoms with Crippen LogP contribution in [-0.2, 0) is 0 Å². The van der Waals surface area contributed by atoms with Gasteiger partial charge in [-0.3, -0.25) is 4.79 Å². The highest BCUT2D eigenvalue weighted by molar-refractivity contribution is 6.37. The summed E-state index contributed by atoms with van der Waals surface area (Å²) >= 11 is 11.4. The maximum absolute atomic E-state index is 11.5. The van der Waals surface area contributed by atoms with E-state index in [-0.39, 0.29) is 22.1 Å². The number of carbonyl (C=O) groups is 1. The molecule has 0 fully saturated rings. The number of ketones is 1. The van der Waals surface area contributed by atoms with Crippen LogP contribution in [0.3, 0.4) is 0 Å². The molecule has 14 heavy (non-hydrogen) atoms. The van der Waals surface area contributed by atoms with E-state index in [4.69, 9.17) is 23.2 Å². The molecule has 1 aromatic carbocycles. The summed E-state index contributed by atoms with van der Waals surface area (Å²) in [6.45, 7) is 1.89. The van der Waals surface area contributed by atoms with Gasteiger partial charge in [0.25, 0.3) is 0 Å². The molecule has 4 heteroatoms. The van der Waals surface area contributed by atoms with E-state index < -0.39 is 0 Å². The van der Waals surface area contributed by atoms with E-state index in [0.717, 1.165) is 6.42 Å². The Hall–Kier alpha value is -0.730. The van der Waals surface area contributed by atoms with Gasteiger partial charge in [0.05, 0.1) is 10.6 Å². The van der Waals surface area contributed by atoms with Gasteiger partial charge in [-0.05, 0) is 18.6 Å². The molecule has 0 amide bonds. The Morgan fingerprint density at radius 2 is 2.07 bits per heavy atom. The minimum absolute atomic E-state index is 0.152. The average Bonchev–Trinajstić information content (AvgIpc) is 2.01. The third kappa shape index (κ3) is 2.40. The van der Waals surface area contributed by atoms with Gasteiger partial charge in [0.2, 0.25) is 0 Å². The Morgan fingerprint density at radius 3 is 2.57 bits per heavy atom. The first kappa shape index (κ1) is 11.3. The van der Waals surface area contributed by atoms with Crippen LogP contribution in [0, 0.1) is 0 Å². The quantitative estimate of drug-likeness (QED) is 0.808. The highest BCUT2D eigenvalue weighted by Gasteiger charge is 2.15. The van der Waals surface area contributed by atoms with E-state index >= 15 is 0 Å². The number of benzene rings is 1. The van der Waals surface area contributed by atoms with Gasteiger partial charge >= 0.3 is 0 Å². The van der Waals surface area contributed by atoms with Crippen molar-refractivity contribution in [3.63, 3.8) is 0 Å². The molecule has 0 aliphatic rings. The van der Waals surface area contributed by atoms with E-state index in [9.17, 15) is 9.90 Å². The first-order chi connectivity index (χ1) is 6.56. The summed E-state index contributed by atoms with van der Waals surface area (Å²) in [4.78, 5) is 11.5. The molecule has 0 saturated heterocycles. The second kappa shape index (κ2) is 4.67. The largest absolute Gasteiger partial charge is 0.507 e. The third-order valence-electron chi connectivity index (χ3n) is 1.79. The van der Waals surface area contributed by atoms with Crippen LogP contribution in [0.25, 0.3) is 0 Å². The molecule has 0 spiro atoms. The molecule has 0 aliphatic carbocycles. The van der Waals surface area contributed by atoms with Crippen LogP contribution in [-0.4, -0.2) is 10.9 Å². The van der Waals surface area contributed by atoms with Gasteiger partial charge in [0.1, 0.15) is 5.75 Å². The first-order valence-corrected chi connectivity index (χ1v) is 5.03. The van der Waals surface area contributed by atoms with Gasteiger partial charge in [0.15, 0.2) is 5.78 Å². The normalized spacial score (nSPS) is 10.2. The molecule has 0 unspecified atom stereocenters. The summed E-state index contributed by atoms with van der Waals surface area (Å²) in [5.41, 5.74) is 0.165. The summed E-state index contributed by atoms with van der Waals surface area (Å²) in [7, 11) is 0. The number of phenolic OH excluding ortho intramolecular Hbond substituents is 1. The summed E-state index contributed by atoms with van der Waals surface area (Å²) < 4.78 is 0. The smallest absolute Gasteiger partial charge is 0.168 e. The van der Waals surface area contributed by atoms with Gasteiger partial charge in [-0.1, -0.05) is 30.1 Å². The summed E-state index contributed by atoms with van der Waals surface area (Å²) in [6.07, 6.45) is 1.09. The second-order valence-electron chi connectivity index (χ2n) is 2.95. The van der Waals surface area contributed by atoms with E-state index in [1.165, 1.54) is 12.1 Å². The van der Waals surface area contributed by atoms with Gasteiger partial charge in [-0.25, -0.2) is 0 Å². The Morgan fingerprint density at radius 1 is 1.43 bits per heavy atom. The lowest BCUT2D eigenvalue weighted by molar-refractivity contribution is 0.0979. The number of phenols is 1. The molecular formula is C10H10Cl2O2. The number of hydrogen-bond donors (Lipinski definition) is 1. The maximum Gasteiger partial charge on any atom is 0.168 e. The lowest BCUT2D eigenvalue weighted by atomic mass is 10.1. The highest BCUT2D eigenvalue weighted by Crippen LogP contribution is 2.31. The Labute approximate surface area is 92.5 Å². The van der Waals surface area contributed by atoms with Crippen LogP contribution < -0.4 is 0 Å². The van der Waals surface area contributed by atoms with Crippen molar-refractivity contribution in [1.29, 1.82) is 0 Å². The van der Waals surface area contributed by atoms with Gasteiger partial charge in [-0.2, -0.15) is 0 Å². The fourth-order valence-electron chi connectivity index (χ4n) is 1.19. The predicted molar refractivity (Wildman–Crippen MR) is 57.4 cm³/mol. The number of Topliss-reactive ketones (excluding diaryl/α,β-unsaturated/α-hetero) is 1. The summed E-state index contributed by atoms with van der Waals surface area (Å²) in [5, 5.41) is 10.0. The molecule has 76 valence electrons. The lowest BCUT2D eigenvalue weighted by Crippen LogP contribution is -1.99. The molecule has 0 aliphatic heterocycles. The fraction of sp³-hybridized carbons (Fsp3) is 0.300. The topological polar surface area (TPSA) is 37.3 Å². The second-order valence-corrected chi connectivity index (χ2v) is 3.80. The van der Waals surface area contributed by atoms with Crippen molar-refractivity contribution in [2.24, 2.45) is 0 Å². The fourth-order valence-corrected chi connectivity index (χ4v) is 1.78. The van der Waals surface area contributed by atoms with Crippen molar-refractivity contribution in [3.05, 3.63) is 27.7 Å². The van der Waals surface area contributed by atoms with Crippen LogP contribution in [0.15, 0.2) is 12.1 Å². The van der Waals surface area contributed by atoms with Crippen molar-refractivity contribution < 1.29 is 9.90 Å². The van der Waals surface area contributed by atoms with Crippen LogP contribution >= 0.6 is 23.2 Å². The van der Waals surface area contributed by atoms with Crippen molar-refractivity contribution in [1.82, 2.24) is 0 Å². The molecule has 1 rings (SSSR count). The predicted octanol–water partition coefficient (Wildman–Crippen LogP) is 3.68. The molecule has 0 atom stereocenters. The van der Waals surface area contributed by atoms with Crippen LogP contribution in [0.5, 0.6) is 5.75 Å². The van der Waals surface area contributed by atoms with Gasteiger partial charge < -0.3 is 5.11 Å². The zero-order valence-corrected chi connectivity index (χ0v) is 9.19. The summed E-state index contributed by atoms with van der Waals surface area (Å²) in [5.74, 6) is -0.312.